The van der Waals surface area contributed by atoms with Crippen molar-refractivity contribution in [2.45, 2.75) is 32.2 Å². The summed E-state index contributed by atoms with van der Waals surface area (Å²) in [6.45, 7) is 1.86. The molecule has 0 bridgehead atoms. The molecule has 0 spiro atoms. The van der Waals surface area contributed by atoms with Gasteiger partial charge in [0.15, 0.2) is 0 Å². The van der Waals surface area contributed by atoms with Gasteiger partial charge in [0.25, 0.3) is 0 Å². The van der Waals surface area contributed by atoms with Gasteiger partial charge in [0.05, 0.1) is 12.1 Å². The van der Waals surface area contributed by atoms with Gasteiger partial charge in [-0.2, -0.15) is 0 Å². The molecule has 3 nitrogen and oxygen atoms in total. The average molecular weight is 290 g/mol. The van der Waals surface area contributed by atoms with Crippen molar-refractivity contribution in [2.75, 3.05) is 0 Å². The van der Waals surface area contributed by atoms with Gasteiger partial charge in [0, 0.05) is 16.5 Å². The highest BCUT2D eigenvalue weighted by Crippen LogP contribution is 2.30. The van der Waals surface area contributed by atoms with Crippen LogP contribution >= 0.6 is 11.3 Å². The molecule has 3 rings (SSSR count). The van der Waals surface area contributed by atoms with Crippen LogP contribution in [0.2, 0.25) is 0 Å². The second kappa shape index (κ2) is 5.32. The van der Waals surface area contributed by atoms with E-state index in [9.17, 15) is 9.18 Å². The van der Waals surface area contributed by atoms with E-state index in [0.717, 1.165) is 23.4 Å². The van der Waals surface area contributed by atoms with Crippen LogP contribution in [0.5, 0.6) is 0 Å². The molecule has 0 saturated heterocycles. The van der Waals surface area contributed by atoms with Crippen molar-refractivity contribution in [1.29, 1.82) is 0 Å². The monoisotopic (exact) mass is 290 g/mol. The number of hydrogen-bond donors (Lipinski definition) is 1. The minimum absolute atomic E-state index is 0.0272. The lowest BCUT2D eigenvalue weighted by atomic mass is 10.2. The van der Waals surface area contributed by atoms with Crippen LogP contribution in [-0.4, -0.2) is 16.9 Å². The fourth-order valence-corrected chi connectivity index (χ4v) is 3.08. The molecule has 0 radical (unpaired) electrons. The maximum absolute atomic E-state index is 13.7. The number of aryl methyl sites for hydroxylation is 1. The molecule has 1 aromatic heterocycles. The third kappa shape index (κ3) is 2.88. The molecule has 1 N–H and O–H groups in total. The van der Waals surface area contributed by atoms with Crippen molar-refractivity contribution in [3.8, 4) is 10.6 Å². The van der Waals surface area contributed by atoms with E-state index in [1.54, 1.807) is 18.2 Å². The van der Waals surface area contributed by atoms with E-state index in [2.05, 4.69) is 10.3 Å². The Kier molecular flexibility index (Phi) is 3.53. The number of carbonyl (C=O) groups excluding carboxylic acids is 1. The molecule has 1 heterocycles. The van der Waals surface area contributed by atoms with Gasteiger partial charge in [-0.25, -0.2) is 9.37 Å². The lowest BCUT2D eigenvalue weighted by Crippen LogP contribution is -2.26. The molecule has 104 valence electrons. The van der Waals surface area contributed by atoms with E-state index in [-0.39, 0.29) is 11.7 Å². The van der Waals surface area contributed by atoms with Gasteiger partial charge < -0.3 is 5.32 Å². The Hall–Kier alpha value is -1.75. The van der Waals surface area contributed by atoms with Crippen LogP contribution < -0.4 is 5.32 Å². The second-order valence-electron chi connectivity index (χ2n) is 5.03. The Morgan fingerprint density at radius 3 is 2.90 bits per heavy atom. The number of rotatable bonds is 4. The van der Waals surface area contributed by atoms with Crippen molar-refractivity contribution in [3.63, 3.8) is 0 Å². The first-order valence-electron chi connectivity index (χ1n) is 6.64. The third-order valence-corrected chi connectivity index (χ3v) is 4.45. The summed E-state index contributed by atoms with van der Waals surface area (Å²) in [4.78, 5) is 17.1. The molecule has 2 aromatic rings. The normalized spacial score (nSPS) is 14.3. The lowest BCUT2D eigenvalue weighted by molar-refractivity contribution is -0.120. The number of halogens is 1. The summed E-state index contributed by atoms with van der Waals surface area (Å²) >= 11 is 1.39. The van der Waals surface area contributed by atoms with Crippen LogP contribution in [0.4, 0.5) is 4.39 Å². The van der Waals surface area contributed by atoms with E-state index in [4.69, 9.17) is 0 Å². The summed E-state index contributed by atoms with van der Waals surface area (Å²) in [5.41, 5.74) is 1.30. The highest BCUT2D eigenvalue weighted by atomic mass is 32.1. The SMILES string of the molecule is Cc1nc(-c2ccccc2F)sc1CC(=O)NC1CC1. The van der Waals surface area contributed by atoms with Crippen molar-refractivity contribution >= 4 is 17.2 Å². The summed E-state index contributed by atoms with van der Waals surface area (Å²) in [7, 11) is 0. The molecule has 5 heteroatoms. The zero-order chi connectivity index (χ0) is 14.1. The quantitative estimate of drug-likeness (QED) is 0.940. The molecule has 20 heavy (non-hydrogen) atoms. The molecular weight excluding hydrogens is 275 g/mol. The Morgan fingerprint density at radius 2 is 2.20 bits per heavy atom. The molecular formula is C15H15FN2OS. The molecule has 1 aliphatic carbocycles. The Bertz CT molecular complexity index is 649. The standard InChI is InChI=1S/C15H15FN2OS/c1-9-13(8-14(19)18-10-6-7-10)20-15(17-9)11-4-2-3-5-12(11)16/h2-5,10H,6-8H2,1H3,(H,18,19). The van der Waals surface area contributed by atoms with E-state index in [1.807, 2.05) is 6.92 Å². The Balaban J connectivity index is 1.80. The van der Waals surface area contributed by atoms with E-state index < -0.39 is 0 Å². The van der Waals surface area contributed by atoms with Crippen LogP contribution in [-0.2, 0) is 11.2 Å². The molecule has 1 fully saturated rings. The number of amides is 1. The molecule has 0 unspecified atom stereocenters. The number of thiazole rings is 1. The number of nitrogens with zero attached hydrogens (tertiary/aromatic N) is 1. The highest BCUT2D eigenvalue weighted by molar-refractivity contribution is 7.15. The first-order valence-corrected chi connectivity index (χ1v) is 7.45. The van der Waals surface area contributed by atoms with Gasteiger partial charge in [-0.15, -0.1) is 11.3 Å². The molecule has 1 amide bonds. The van der Waals surface area contributed by atoms with Crippen LogP contribution in [0.3, 0.4) is 0 Å². The highest BCUT2D eigenvalue weighted by Gasteiger charge is 2.24. The minimum Gasteiger partial charge on any atom is -0.353 e. The van der Waals surface area contributed by atoms with Crippen LogP contribution in [0, 0.1) is 12.7 Å². The predicted molar refractivity (Wildman–Crippen MR) is 77.1 cm³/mol. The van der Waals surface area contributed by atoms with Gasteiger partial charge in [0.1, 0.15) is 10.8 Å². The summed E-state index contributed by atoms with van der Waals surface area (Å²) in [5, 5.41) is 3.59. The van der Waals surface area contributed by atoms with Gasteiger partial charge in [0.2, 0.25) is 5.91 Å². The predicted octanol–water partition coefficient (Wildman–Crippen LogP) is 3.08. The van der Waals surface area contributed by atoms with Gasteiger partial charge in [-0.3, -0.25) is 4.79 Å². The summed E-state index contributed by atoms with van der Waals surface area (Å²) in [5.74, 6) is -0.255. The van der Waals surface area contributed by atoms with E-state index >= 15 is 0 Å². The van der Waals surface area contributed by atoms with Crippen LogP contribution in [0.25, 0.3) is 10.6 Å². The van der Waals surface area contributed by atoms with E-state index in [0.29, 0.717) is 23.0 Å². The summed E-state index contributed by atoms with van der Waals surface area (Å²) < 4.78 is 13.7. The van der Waals surface area contributed by atoms with Crippen LogP contribution in [0.1, 0.15) is 23.4 Å². The first kappa shape index (κ1) is 13.2. The van der Waals surface area contributed by atoms with Crippen molar-refractivity contribution in [3.05, 3.63) is 40.7 Å². The zero-order valence-corrected chi connectivity index (χ0v) is 12.0. The smallest absolute Gasteiger partial charge is 0.225 e. The maximum atomic E-state index is 13.7. The number of nitrogens with one attached hydrogen (secondary N) is 1. The molecule has 1 saturated carbocycles. The fourth-order valence-electron chi connectivity index (χ4n) is 1.99. The van der Waals surface area contributed by atoms with Gasteiger partial charge >= 0.3 is 0 Å². The average Bonchev–Trinajstić information content (AvgIpc) is 3.14. The van der Waals surface area contributed by atoms with E-state index in [1.165, 1.54) is 17.4 Å². The number of hydrogen-bond acceptors (Lipinski definition) is 3. The minimum atomic E-state index is -0.282. The third-order valence-electron chi connectivity index (χ3n) is 3.26. The topological polar surface area (TPSA) is 42.0 Å². The Morgan fingerprint density at radius 1 is 1.45 bits per heavy atom. The van der Waals surface area contributed by atoms with Gasteiger partial charge in [-0.05, 0) is 31.9 Å². The molecule has 0 atom stereocenters. The summed E-state index contributed by atoms with van der Waals surface area (Å²) in [6, 6.07) is 6.94. The summed E-state index contributed by atoms with van der Waals surface area (Å²) in [6.07, 6.45) is 2.48. The molecule has 0 aliphatic heterocycles. The number of aromatic nitrogens is 1. The lowest BCUT2D eigenvalue weighted by Gasteiger charge is -2.01. The van der Waals surface area contributed by atoms with Crippen LogP contribution in [0.15, 0.2) is 24.3 Å². The van der Waals surface area contributed by atoms with Crippen molar-refractivity contribution < 1.29 is 9.18 Å². The second-order valence-corrected chi connectivity index (χ2v) is 6.11. The fraction of sp³-hybridized carbons (Fsp3) is 0.333. The largest absolute Gasteiger partial charge is 0.353 e. The maximum Gasteiger partial charge on any atom is 0.225 e. The molecule has 1 aromatic carbocycles. The van der Waals surface area contributed by atoms with Crippen molar-refractivity contribution in [1.82, 2.24) is 10.3 Å². The van der Waals surface area contributed by atoms with Gasteiger partial charge in [-0.1, -0.05) is 12.1 Å². The molecule has 1 aliphatic rings. The first-order chi connectivity index (χ1) is 9.63. The number of benzene rings is 1. The zero-order valence-electron chi connectivity index (χ0n) is 11.1. The van der Waals surface area contributed by atoms with Crippen molar-refractivity contribution in [2.24, 2.45) is 0 Å². The Labute approximate surface area is 120 Å². The number of carbonyl (C=O) groups is 1.